The molecule has 0 radical (unpaired) electrons. The molecule has 1 heterocycles. The van der Waals surface area contributed by atoms with Crippen molar-refractivity contribution in [1.29, 1.82) is 0 Å². The molecule has 3 rings (SSSR count). The number of ether oxygens (including phenoxy) is 1. The van der Waals surface area contributed by atoms with Gasteiger partial charge in [-0.3, -0.25) is 24.6 Å². The van der Waals surface area contributed by atoms with Crippen molar-refractivity contribution < 1.29 is 19.2 Å². The highest BCUT2D eigenvalue weighted by Crippen LogP contribution is 2.34. The smallest absolute Gasteiger partial charge is 0.271 e. The number of nitro groups is 1. The minimum absolute atomic E-state index is 0.0721. The fourth-order valence-electron chi connectivity index (χ4n) is 3.06. The summed E-state index contributed by atoms with van der Waals surface area (Å²) in [6, 6.07) is 12.9. The minimum atomic E-state index is -0.626. The molecule has 10 heteroatoms. The minimum Gasteiger partial charge on any atom is -0.494 e. The summed E-state index contributed by atoms with van der Waals surface area (Å²) >= 11 is 1.23. The number of aliphatic imine (C=N–C) groups is 1. The number of nitrogens with zero attached hydrogens (tertiary/aromatic N) is 3. The number of anilines is 1. The summed E-state index contributed by atoms with van der Waals surface area (Å²) in [5.41, 5.74) is 0.788. The first kappa shape index (κ1) is 22.3. The summed E-state index contributed by atoms with van der Waals surface area (Å²) in [6.07, 6.45) is 0.668. The highest BCUT2D eigenvalue weighted by atomic mass is 32.2. The molecule has 1 N–H and O–H groups in total. The second-order valence-corrected chi connectivity index (χ2v) is 7.89. The molecule has 0 bridgehead atoms. The lowest BCUT2D eigenvalue weighted by molar-refractivity contribution is -0.384. The lowest BCUT2D eigenvalue weighted by Crippen LogP contribution is -2.34. The van der Waals surface area contributed by atoms with Crippen molar-refractivity contribution in [3.63, 3.8) is 0 Å². The van der Waals surface area contributed by atoms with E-state index in [0.29, 0.717) is 28.8 Å². The number of para-hydroxylation sites is 2. The molecule has 1 saturated heterocycles. The molecule has 31 heavy (non-hydrogen) atoms. The summed E-state index contributed by atoms with van der Waals surface area (Å²) in [5.74, 6) is 0.00221. The van der Waals surface area contributed by atoms with E-state index in [9.17, 15) is 19.7 Å². The molecule has 0 spiro atoms. The maximum absolute atomic E-state index is 12.9. The van der Waals surface area contributed by atoms with Crippen molar-refractivity contribution in [3.8, 4) is 5.75 Å². The third-order valence-corrected chi connectivity index (χ3v) is 5.66. The van der Waals surface area contributed by atoms with Crippen molar-refractivity contribution in [1.82, 2.24) is 4.90 Å². The number of benzene rings is 2. The predicted octanol–water partition coefficient (Wildman–Crippen LogP) is 3.97. The quantitative estimate of drug-likeness (QED) is 0.489. The Bertz CT molecular complexity index is 1030. The largest absolute Gasteiger partial charge is 0.494 e. The van der Waals surface area contributed by atoms with Crippen molar-refractivity contribution in [2.75, 3.05) is 19.0 Å². The number of nitro benzene ring substituents is 1. The van der Waals surface area contributed by atoms with Crippen LogP contribution in [0.1, 0.15) is 19.8 Å². The zero-order valence-corrected chi connectivity index (χ0v) is 17.9. The number of methoxy groups -OCH3 is 1. The van der Waals surface area contributed by atoms with Crippen LogP contribution >= 0.6 is 11.8 Å². The Hall–Kier alpha value is -3.40. The Labute approximate surface area is 183 Å². The number of carbonyl (C=O) groups is 2. The summed E-state index contributed by atoms with van der Waals surface area (Å²) in [5, 5.41) is 13.4. The highest BCUT2D eigenvalue weighted by Gasteiger charge is 2.38. The lowest BCUT2D eigenvalue weighted by Gasteiger charge is -2.15. The second-order valence-electron chi connectivity index (χ2n) is 6.72. The van der Waals surface area contributed by atoms with Gasteiger partial charge in [0.25, 0.3) is 5.69 Å². The Morgan fingerprint density at radius 3 is 2.77 bits per heavy atom. The van der Waals surface area contributed by atoms with Gasteiger partial charge in [0.05, 0.1) is 12.0 Å². The van der Waals surface area contributed by atoms with E-state index in [4.69, 9.17) is 4.74 Å². The average molecular weight is 442 g/mol. The Kier molecular flexibility index (Phi) is 7.24. The molecule has 2 aromatic carbocycles. The molecule has 1 aliphatic rings. The Morgan fingerprint density at radius 2 is 2.06 bits per heavy atom. The van der Waals surface area contributed by atoms with Crippen molar-refractivity contribution in [2.24, 2.45) is 4.99 Å². The van der Waals surface area contributed by atoms with Crippen molar-refractivity contribution >= 4 is 45.8 Å². The number of amides is 2. The fourth-order valence-corrected chi connectivity index (χ4v) is 4.23. The van der Waals surface area contributed by atoms with Crippen LogP contribution in [0.15, 0.2) is 53.5 Å². The normalized spacial score (nSPS) is 17.1. The number of thioether (sulfide) groups is 1. The van der Waals surface area contributed by atoms with Crippen molar-refractivity contribution in [2.45, 2.75) is 25.0 Å². The van der Waals surface area contributed by atoms with Gasteiger partial charge in [0.15, 0.2) is 5.17 Å². The number of hydrogen-bond acceptors (Lipinski definition) is 7. The van der Waals surface area contributed by atoms with Crippen LogP contribution in [0.25, 0.3) is 0 Å². The maximum atomic E-state index is 12.9. The van der Waals surface area contributed by atoms with Crippen LogP contribution in [0.5, 0.6) is 5.75 Å². The van der Waals surface area contributed by atoms with Gasteiger partial charge in [-0.05, 0) is 24.6 Å². The van der Waals surface area contributed by atoms with Gasteiger partial charge >= 0.3 is 0 Å². The first-order chi connectivity index (χ1) is 14.9. The molecule has 0 aliphatic carbocycles. The molecule has 2 aromatic rings. The summed E-state index contributed by atoms with van der Waals surface area (Å²) in [4.78, 5) is 42.0. The molecule has 1 fully saturated rings. The van der Waals surface area contributed by atoms with Gasteiger partial charge in [0.2, 0.25) is 11.8 Å². The van der Waals surface area contributed by atoms with Crippen LogP contribution in [-0.2, 0) is 9.59 Å². The summed E-state index contributed by atoms with van der Waals surface area (Å²) < 4.78 is 5.33. The van der Waals surface area contributed by atoms with Gasteiger partial charge < -0.3 is 10.1 Å². The van der Waals surface area contributed by atoms with E-state index in [1.165, 1.54) is 30.0 Å². The van der Waals surface area contributed by atoms with Crippen LogP contribution in [0.3, 0.4) is 0 Å². The van der Waals surface area contributed by atoms with E-state index in [-0.39, 0.29) is 18.0 Å². The first-order valence-corrected chi connectivity index (χ1v) is 10.5. The topological polar surface area (TPSA) is 114 Å². The highest BCUT2D eigenvalue weighted by molar-refractivity contribution is 8.15. The van der Waals surface area contributed by atoms with Crippen LogP contribution in [0, 0.1) is 10.1 Å². The standard InChI is InChI=1S/C21H22N4O5S/c1-3-11-24-20(27)18(31-21(24)23-16-9-4-5-10-17(16)30-2)13-19(26)22-14-7-6-8-15(12-14)25(28)29/h4-10,12,18H,3,11,13H2,1-2H3,(H,22,26). The van der Waals surface area contributed by atoms with Crippen LogP contribution in [0.4, 0.5) is 17.1 Å². The summed E-state index contributed by atoms with van der Waals surface area (Å²) in [7, 11) is 1.55. The molecule has 1 unspecified atom stereocenters. The van der Waals surface area contributed by atoms with Crippen LogP contribution in [0.2, 0.25) is 0 Å². The molecular formula is C21H22N4O5S. The lowest BCUT2D eigenvalue weighted by atomic mass is 10.2. The molecule has 2 amide bonds. The summed E-state index contributed by atoms with van der Waals surface area (Å²) in [6.45, 7) is 2.45. The Morgan fingerprint density at radius 1 is 1.29 bits per heavy atom. The van der Waals surface area contributed by atoms with Gasteiger partial charge in [0, 0.05) is 30.8 Å². The van der Waals surface area contributed by atoms with E-state index in [1.54, 1.807) is 30.2 Å². The first-order valence-electron chi connectivity index (χ1n) is 9.67. The van der Waals surface area contributed by atoms with Gasteiger partial charge in [-0.2, -0.15) is 0 Å². The van der Waals surface area contributed by atoms with E-state index >= 15 is 0 Å². The SMILES string of the molecule is CCCN1C(=O)C(CC(=O)Nc2cccc([N+](=O)[O-])c2)SC1=Nc1ccccc1OC. The zero-order chi connectivity index (χ0) is 22.4. The molecular weight excluding hydrogens is 420 g/mol. The third kappa shape index (κ3) is 5.40. The predicted molar refractivity (Wildman–Crippen MR) is 120 cm³/mol. The number of rotatable bonds is 8. The molecule has 1 aliphatic heterocycles. The maximum Gasteiger partial charge on any atom is 0.271 e. The Balaban J connectivity index is 1.75. The number of nitrogens with one attached hydrogen (secondary N) is 1. The number of non-ortho nitro benzene ring substituents is 1. The van der Waals surface area contributed by atoms with E-state index in [1.807, 2.05) is 19.1 Å². The van der Waals surface area contributed by atoms with E-state index in [0.717, 1.165) is 6.42 Å². The monoisotopic (exact) mass is 442 g/mol. The zero-order valence-electron chi connectivity index (χ0n) is 17.1. The van der Waals surface area contributed by atoms with Crippen molar-refractivity contribution in [3.05, 3.63) is 58.6 Å². The van der Waals surface area contributed by atoms with Gasteiger partial charge in [-0.25, -0.2) is 4.99 Å². The van der Waals surface area contributed by atoms with Crippen LogP contribution < -0.4 is 10.1 Å². The third-order valence-electron chi connectivity index (χ3n) is 4.48. The average Bonchev–Trinajstić information content (AvgIpc) is 3.03. The van der Waals surface area contributed by atoms with Gasteiger partial charge in [-0.15, -0.1) is 0 Å². The van der Waals surface area contributed by atoms with E-state index < -0.39 is 16.1 Å². The number of hydrogen-bond donors (Lipinski definition) is 1. The molecule has 1 atom stereocenters. The molecule has 0 aromatic heterocycles. The number of carbonyl (C=O) groups excluding carboxylic acids is 2. The molecule has 162 valence electrons. The molecule has 0 saturated carbocycles. The van der Waals surface area contributed by atoms with E-state index in [2.05, 4.69) is 10.3 Å². The number of amidine groups is 1. The van der Waals surface area contributed by atoms with Gasteiger partial charge in [-0.1, -0.05) is 36.9 Å². The second kappa shape index (κ2) is 10.1. The molecule has 9 nitrogen and oxygen atoms in total. The van der Waals surface area contributed by atoms with Gasteiger partial charge in [0.1, 0.15) is 16.7 Å². The van der Waals surface area contributed by atoms with Crippen LogP contribution in [-0.4, -0.2) is 45.7 Å². The fraction of sp³-hybridized carbons (Fsp3) is 0.286.